The summed E-state index contributed by atoms with van der Waals surface area (Å²) in [6, 6.07) is 9.62. The molecule has 0 amide bonds. The minimum atomic E-state index is 0.224. The summed E-state index contributed by atoms with van der Waals surface area (Å²) in [5, 5.41) is 0. The number of hydrogen-bond donors (Lipinski definition) is 0. The summed E-state index contributed by atoms with van der Waals surface area (Å²) in [6.45, 7) is 0.647. The van der Waals surface area contributed by atoms with E-state index in [2.05, 4.69) is 4.74 Å². The Bertz CT molecular complexity index is 304. The van der Waals surface area contributed by atoms with Crippen LogP contribution in [0.5, 0.6) is 0 Å². The normalized spacial score (nSPS) is 10.8. The minimum absolute atomic E-state index is 0.224. The molecule has 0 aliphatic carbocycles. The molecular weight excluding hydrogens is 180 g/mol. The summed E-state index contributed by atoms with van der Waals surface area (Å²) in [7, 11) is 1.56. The fourth-order valence-corrected chi connectivity index (χ4v) is 1.10. The first kappa shape index (κ1) is 10.3. The summed E-state index contributed by atoms with van der Waals surface area (Å²) in [5.41, 5.74) is 1.82. The van der Waals surface area contributed by atoms with Crippen molar-refractivity contribution in [1.82, 2.24) is 0 Å². The van der Waals surface area contributed by atoms with E-state index < -0.39 is 0 Å². The Morgan fingerprint density at radius 3 is 2.64 bits per heavy atom. The molecule has 3 heteroatoms. The maximum Gasteiger partial charge on any atom is 0.293 e. The summed E-state index contributed by atoms with van der Waals surface area (Å²) < 4.78 is 9.57. The largest absolute Gasteiger partial charge is 0.504 e. The number of carbonyl (C=O) groups excluding carboxylic acids is 1. The van der Waals surface area contributed by atoms with Crippen LogP contribution in [0.2, 0.25) is 0 Å². The van der Waals surface area contributed by atoms with Crippen LogP contribution >= 0.6 is 0 Å². The predicted molar refractivity (Wildman–Crippen MR) is 53.4 cm³/mol. The number of benzene rings is 1. The van der Waals surface area contributed by atoms with Crippen molar-refractivity contribution in [3.63, 3.8) is 0 Å². The summed E-state index contributed by atoms with van der Waals surface area (Å²) in [6.07, 6.45) is 1.57. The lowest BCUT2D eigenvalue weighted by Gasteiger charge is -2.05. The first-order valence-corrected chi connectivity index (χ1v) is 4.21. The molecule has 0 saturated heterocycles. The third-order valence-electron chi connectivity index (χ3n) is 1.71. The fourth-order valence-electron chi connectivity index (χ4n) is 1.10. The van der Waals surface area contributed by atoms with E-state index in [0.717, 1.165) is 11.1 Å². The maximum atomic E-state index is 10.1. The highest BCUT2D eigenvalue weighted by Gasteiger charge is 2.01. The second kappa shape index (κ2) is 5.80. The van der Waals surface area contributed by atoms with Gasteiger partial charge in [0.2, 0.25) is 0 Å². The number of hydrogen-bond acceptors (Lipinski definition) is 3. The Morgan fingerprint density at radius 2 is 2.07 bits per heavy atom. The zero-order valence-electron chi connectivity index (χ0n) is 7.97. The van der Waals surface area contributed by atoms with E-state index in [1.165, 1.54) is 0 Å². The average molecular weight is 192 g/mol. The van der Waals surface area contributed by atoms with Gasteiger partial charge in [0.25, 0.3) is 6.47 Å². The average Bonchev–Trinajstić information content (AvgIpc) is 2.25. The van der Waals surface area contributed by atoms with Crippen LogP contribution in [0.1, 0.15) is 5.56 Å². The van der Waals surface area contributed by atoms with Gasteiger partial charge in [-0.3, -0.25) is 4.79 Å². The zero-order chi connectivity index (χ0) is 10.2. The van der Waals surface area contributed by atoms with Gasteiger partial charge in [-0.05, 0) is 5.56 Å². The van der Waals surface area contributed by atoms with Gasteiger partial charge in [-0.1, -0.05) is 30.3 Å². The third-order valence-corrected chi connectivity index (χ3v) is 1.71. The Hall–Kier alpha value is -1.77. The lowest BCUT2D eigenvalue weighted by Crippen LogP contribution is -1.96. The van der Waals surface area contributed by atoms with Gasteiger partial charge in [0, 0.05) is 5.57 Å². The van der Waals surface area contributed by atoms with Crippen LogP contribution < -0.4 is 0 Å². The third kappa shape index (κ3) is 2.94. The summed E-state index contributed by atoms with van der Waals surface area (Å²) in [4.78, 5) is 10.1. The molecule has 3 nitrogen and oxygen atoms in total. The molecule has 0 aliphatic heterocycles. The molecule has 0 atom stereocenters. The molecule has 74 valence electrons. The van der Waals surface area contributed by atoms with Crippen molar-refractivity contribution in [2.45, 2.75) is 0 Å². The second-order valence-corrected chi connectivity index (χ2v) is 2.65. The number of carbonyl (C=O) groups is 1. The highest BCUT2D eigenvalue weighted by Crippen LogP contribution is 2.13. The van der Waals surface area contributed by atoms with E-state index >= 15 is 0 Å². The molecule has 0 unspecified atom stereocenters. The van der Waals surface area contributed by atoms with Crippen molar-refractivity contribution in [3.8, 4) is 0 Å². The lowest BCUT2D eigenvalue weighted by molar-refractivity contribution is -0.127. The van der Waals surface area contributed by atoms with Crippen LogP contribution in [-0.4, -0.2) is 20.2 Å². The molecule has 0 aromatic heterocycles. The van der Waals surface area contributed by atoms with E-state index in [1.54, 1.807) is 13.4 Å². The van der Waals surface area contributed by atoms with Crippen molar-refractivity contribution in [3.05, 3.63) is 42.2 Å². The van der Waals surface area contributed by atoms with E-state index in [4.69, 9.17) is 4.74 Å². The van der Waals surface area contributed by atoms with Crippen LogP contribution in [0.25, 0.3) is 5.57 Å². The molecule has 1 aromatic rings. The molecule has 1 aromatic carbocycles. The summed E-state index contributed by atoms with van der Waals surface area (Å²) in [5.74, 6) is 0. The summed E-state index contributed by atoms with van der Waals surface area (Å²) >= 11 is 0. The SMILES string of the molecule is CO/C=C(/COC=O)c1ccccc1. The monoisotopic (exact) mass is 192 g/mol. The first-order valence-electron chi connectivity index (χ1n) is 4.21. The molecule has 14 heavy (non-hydrogen) atoms. The molecule has 0 bridgehead atoms. The van der Waals surface area contributed by atoms with E-state index in [0.29, 0.717) is 6.47 Å². The van der Waals surface area contributed by atoms with Gasteiger partial charge in [0.15, 0.2) is 0 Å². The van der Waals surface area contributed by atoms with Crippen LogP contribution in [0.4, 0.5) is 0 Å². The van der Waals surface area contributed by atoms with Gasteiger partial charge in [0.05, 0.1) is 13.4 Å². The Balaban J connectivity index is 2.78. The van der Waals surface area contributed by atoms with E-state index in [1.807, 2.05) is 30.3 Å². The van der Waals surface area contributed by atoms with E-state index in [9.17, 15) is 4.79 Å². The van der Waals surface area contributed by atoms with Gasteiger partial charge < -0.3 is 9.47 Å². The topological polar surface area (TPSA) is 35.5 Å². The van der Waals surface area contributed by atoms with Crippen molar-refractivity contribution in [2.24, 2.45) is 0 Å². The van der Waals surface area contributed by atoms with Gasteiger partial charge >= 0.3 is 0 Å². The van der Waals surface area contributed by atoms with Gasteiger partial charge in [-0.25, -0.2) is 0 Å². The van der Waals surface area contributed by atoms with Crippen molar-refractivity contribution >= 4 is 12.0 Å². The van der Waals surface area contributed by atoms with Crippen LogP contribution in [-0.2, 0) is 14.3 Å². The van der Waals surface area contributed by atoms with Gasteiger partial charge in [-0.15, -0.1) is 0 Å². The maximum absolute atomic E-state index is 10.1. The van der Waals surface area contributed by atoms with Gasteiger partial charge in [0.1, 0.15) is 6.61 Å². The van der Waals surface area contributed by atoms with Crippen molar-refractivity contribution in [2.75, 3.05) is 13.7 Å². The molecule has 0 saturated carbocycles. The molecule has 0 radical (unpaired) electrons. The molecule has 0 spiro atoms. The smallest absolute Gasteiger partial charge is 0.293 e. The molecule has 0 aliphatic rings. The molecule has 0 heterocycles. The standard InChI is InChI=1S/C11H12O3/c1-13-7-11(8-14-9-12)10-5-3-2-4-6-10/h2-7,9H,8H2,1H3/b11-7-. The molecular formula is C11H12O3. The van der Waals surface area contributed by atoms with Crippen molar-refractivity contribution < 1.29 is 14.3 Å². The van der Waals surface area contributed by atoms with Crippen LogP contribution in [0.3, 0.4) is 0 Å². The predicted octanol–water partition coefficient (Wildman–Crippen LogP) is 1.85. The molecule has 0 N–H and O–H groups in total. The Kier molecular flexibility index (Phi) is 4.27. The van der Waals surface area contributed by atoms with Crippen LogP contribution in [0, 0.1) is 0 Å². The Labute approximate surface area is 83.0 Å². The lowest BCUT2D eigenvalue weighted by atomic mass is 10.1. The highest BCUT2D eigenvalue weighted by molar-refractivity contribution is 5.66. The van der Waals surface area contributed by atoms with Crippen LogP contribution in [0.15, 0.2) is 36.6 Å². The quantitative estimate of drug-likeness (QED) is 0.527. The Morgan fingerprint density at radius 1 is 1.36 bits per heavy atom. The minimum Gasteiger partial charge on any atom is -0.504 e. The first-order chi connectivity index (χ1) is 6.88. The molecule has 1 rings (SSSR count). The fraction of sp³-hybridized carbons (Fsp3) is 0.182. The van der Waals surface area contributed by atoms with E-state index in [-0.39, 0.29) is 6.61 Å². The number of methoxy groups -OCH3 is 1. The zero-order valence-corrected chi connectivity index (χ0v) is 7.97. The molecule has 0 fully saturated rings. The number of rotatable bonds is 5. The van der Waals surface area contributed by atoms with Gasteiger partial charge in [-0.2, -0.15) is 0 Å². The van der Waals surface area contributed by atoms with Crippen molar-refractivity contribution in [1.29, 1.82) is 0 Å². The highest BCUT2D eigenvalue weighted by atomic mass is 16.5. The second-order valence-electron chi connectivity index (χ2n) is 2.65. The number of ether oxygens (including phenoxy) is 2.